The molecule has 3 amide bonds. The summed E-state index contributed by atoms with van der Waals surface area (Å²) in [5.74, 6) is 1.54. The lowest BCUT2D eigenvalue weighted by atomic mass is 9.77. The molecule has 2 aromatic heterocycles. The van der Waals surface area contributed by atoms with Crippen molar-refractivity contribution in [1.82, 2.24) is 29.3 Å². The molecule has 202 valence electrons. The summed E-state index contributed by atoms with van der Waals surface area (Å²) in [6.07, 6.45) is 10.9. The molecule has 2 bridgehead atoms. The highest BCUT2D eigenvalue weighted by Gasteiger charge is 2.44. The van der Waals surface area contributed by atoms with Gasteiger partial charge in [-0.25, -0.2) is 4.52 Å². The number of carbonyl (C=O) groups excluding carboxylic acids is 3. The lowest BCUT2D eigenvalue weighted by molar-refractivity contribution is -0.141. The number of nitrogens with zero attached hydrogens (tertiary/aromatic N) is 5. The fourth-order valence-electron chi connectivity index (χ4n) is 6.85. The Kier molecular flexibility index (Phi) is 7.32. The van der Waals surface area contributed by atoms with E-state index in [9.17, 15) is 14.4 Å². The van der Waals surface area contributed by atoms with Crippen molar-refractivity contribution in [2.45, 2.75) is 77.8 Å². The average molecular weight is 511 g/mol. The second-order valence-corrected chi connectivity index (χ2v) is 12.1. The standard InChI is InChI=1S/C28H42N6O3/c1-18(2)23-9-8-19(3)12-26(36)33-16-20-13-21(24(33)6-5-7-25(35)30-23)17-32(15-20)28(37)22-14-29-34-11-10-31(4)27(22)34/h10-11,14,18-21,23-24H,5-9,12-13,15-17H2,1-4H3,(H,30,35)/t19-,20+,21+,23+,24+/m1/s1. The number of rotatable bonds is 2. The molecule has 5 rings (SSSR count). The van der Waals surface area contributed by atoms with E-state index in [1.807, 2.05) is 28.9 Å². The number of fused-ring (bicyclic) bond motifs is 5. The highest BCUT2D eigenvalue weighted by atomic mass is 16.2. The molecule has 2 aromatic rings. The highest BCUT2D eigenvalue weighted by Crippen LogP contribution is 2.37. The van der Waals surface area contributed by atoms with Crippen LogP contribution in [0, 0.1) is 23.7 Å². The smallest absolute Gasteiger partial charge is 0.259 e. The van der Waals surface area contributed by atoms with E-state index in [0.29, 0.717) is 44.0 Å². The van der Waals surface area contributed by atoms with Gasteiger partial charge in [0.2, 0.25) is 11.8 Å². The van der Waals surface area contributed by atoms with Gasteiger partial charge in [-0.3, -0.25) is 14.4 Å². The van der Waals surface area contributed by atoms with Crippen molar-refractivity contribution in [1.29, 1.82) is 0 Å². The van der Waals surface area contributed by atoms with Gasteiger partial charge in [0, 0.05) is 64.0 Å². The second-order valence-electron chi connectivity index (χ2n) is 12.1. The largest absolute Gasteiger partial charge is 0.353 e. The number of nitrogens with one attached hydrogen (secondary N) is 1. The van der Waals surface area contributed by atoms with Gasteiger partial charge in [-0.1, -0.05) is 20.8 Å². The summed E-state index contributed by atoms with van der Waals surface area (Å²) in [7, 11) is 1.93. The zero-order chi connectivity index (χ0) is 26.3. The van der Waals surface area contributed by atoms with Crippen LogP contribution in [0.3, 0.4) is 0 Å². The summed E-state index contributed by atoms with van der Waals surface area (Å²) in [5, 5.41) is 7.61. The Morgan fingerprint density at radius 2 is 1.92 bits per heavy atom. The molecule has 3 saturated heterocycles. The zero-order valence-electron chi connectivity index (χ0n) is 22.7. The van der Waals surface area contributed by atoms with Crippen molar-refractivity contribution in [3.8, 4) is 0 Å². The minimum absolute atomic E-state index is 0.0173. The van der Waals surface area contributed by atoms with Crippen molar-refractivity contribution in [3.63, 3.8) is 0 Å². The summed E-state index contributed by atoms with van der Waals surface area (Å²) in [5.41, 5.74) is 1.43. The molecule has 3 fully saturated rings. The quantitative estimate of drug-likeness (QED) is 0.672. The van der Waals surface area contributed by atoms with Gasteiger partial charge in [-0.15, -0.1) is 0 Å². The fourth-order valence-corrected chi connectivity index (χ4v) is 6.85. The summed E-state index contributed by atoms with van der Waals surface area (Å²) in [6, 6.07) is 0.231. The molecule has 9 heteroatoms. The molecule has 0 radical (unpaired) electrons. The maximum absolute atomic E-state index is 13.6. The SMILES string of the molecule is CC(C)[C@@H]1CC[C@@H](C)CC(=O)N2C[C@H]3C[C@@H](CN(C(=O)c4cnn5ccn(C)c45)C3)[C@@H]2CCCC(=O)N1. The van der Waals surface area contributed by atoms with Gasteiger partial charge in [0.25, 0.3) is 5.91 Å². The van der Waals surface area contributed by atoms with Gasteiger partial charge in [-0.2, -0.15) is 5.10 Å². The summed E-state index contributed by atoms with van der Waals surface area (Å²) >= 11 is 0. The first kappa shape index (κ1) is 25.8. The Hall–Kier alpha value is -2.84. The topological polar surface area (TPSA) is 92.0 Å². The van der Waals surface area contributed by atoms with E-state index in [1.54, 1.807) is 10.7 Å². The van der Waals surface area contributed by atoms with Crippen LogP contribution < -0.4 is 5.32 Å². The van der Waals surface area contributed by atoms with E-state index in [4.69, 9.17) is 0 Å². The molecule has 3 aliphatic heterocycles. The maximum atomic E-state index is 13.6. The molecular formula is C28H42N6O3. The highest BCUT2D eigenvalue weighted by molar-refractivity contribution is 6.00. The van der Waals surface area contributed by atoms with E-state index < -0.39 is 0 Å². The molecule has 5 atom stereocenters. The number of hydrogen-bond acceptors (Lipinski definition) is 4. The first-order valence-electron chi connectivity index (χ1n) is 14.1. The van der Waals surface area contributed by atoms with E-state index in [0.717, 1.165) is 37.8 Å². The van der Waals surface area contributed by atoms with Gasteiger partial charge < -0.3 is 19.7 Å². The normalized spacial score (nSPS) is 29.9. The predicted octanol–water partition coefficient (Wildman–Crippen LogP) is 3.09. The van der Waals surface area contributed by atoms with Crippen LogP contribution in [0.2, 0.25) is 0 Å². The number of likely N-dealkylation sites (tertiary alicyclic amines) is 1. The fraction of sp³-hybridized carbons (Fsp3) is 0.714. The Morgan fingerprint density at radius 3 is 2.70 bits per heavy atom. The maximum Gasteiger partial charge on any atom is 0.259 e. The Balaban J connectivity index is 1.34. The number of aromatic nitrogens is 3. The van der Waals surface area contributed by atoms with E-state index in [2.05, 4.69) is 36.1 Å². The van der Waals surface area contributed by atoms with Gasteiger partial charge >= 0.3 is 0 Å². The molecule has 1 N–H and O–H groups in total. The molecule has 3 aliphatic rings. The molecule has 0 saturated carbocycles. The van der Waals surface area contributed by atoms with Crippen molar-refractivity contribution in [2.24, 2.45) is 30.7 Å². The molecule has 9 nitrogen and oxygen atoms in total. The summed E-state index contributed by atoms with van der Waals surface area (Å²) in [4.78, 5) is 44.1. The Labute approximate surface area is 219 Å². The molecule has 0 aromatic carbocycles. The molecule has 0 spiro atoms. The van der Waals surface area contributed by atoms with Crippen molar-refractivity contribution in [3.05, 3.63) is 24.2 Å². The molecule has 0 aliphatic carbocycles. The van der Waals surface area contributed by atoms with Crippen LogP contribution in [0.25, 0.3) is 5.65 Å². The number of carbonyl (C=O) groups is 3. The number of amides is 3. The van der Waals surface area contributed by atoms with Crippen LogP contribution in [0.1, 0.15) is 76.1 Å². The van der Waals surface area contributed by atoms with Crippen molar-refractivity contribution in [2.75, 3.05) is 19.6 Å². The number of hydrogen-bond donors (Lipinski definition) is 1. The van der Waals surface area contributed by atoms with Crippen LogP contribution in [0.15, 0.2) is 18.6 Å². The van der Waals surface area contributed by atoms with Crippen molar-refractivity contribution >= 4 is 23.4 Å². The predicted molar refractivity (Wildman–Crippen MR) is 141 cm³/mol. The monoisotopic (exact) mass is 510 g/mol. The molecular weight excluding hydrogens is 468 g/mol. The summed E-state index contributed by atoms with van der Waals surface area (Å²) in [6.45, 7) is 8.47. The summed E-state index contributed by atoms with van der Waals surface area (Å²) < 4.78 is 3.67. The number of aryl methyl sites for hydroxylation is 1. The van der Waals surface area contributed by atoms with Gasteiger partial charge in [0.15, 0.2) is 0 Å². The van der Waals surface area contributed by atoms with E-state index >= 15 is 0 Å². The lowest BCUT2D eigenvalue weighted by Gasteiger charge is -2.51. The third kappa shape index (κ3) is 5.27. The van der Waals surface area contributed by atoms with Gasteiger partial charge in [0.05, 0.1) is 6.20 Å². The first-order valence-corrected chi connectivity index (χ1v) is 14.1. The molecule has 37 heavy (non-hydrogen) atoms. The van der Waals surface area contributed by atoms with Crippen LogP contribution in [0.5, 0.6) is 0 Å². The average Bonchev–Trinajstić information content (AvgIpc) is 3.44. The van der Waals surface area contributed by atoms with Crippen LogP contribution >= 0.6 is 0 Å². The third-order valence-electron chi connectivity index (χ3n) is 8.89. The van der Waals surface area contributed by atoms with Crippen molar-refractivity contribution < 1.29 is 14.4 Å². The zero-order valence-corrected chi connectivity index (χ0v) is 22.7. The Bertz CT molecular complexity index is 1150. The number of piperidine rings is 2. The van der Waals surface area contributed by atoms with Gasteiger partial charge in [0.1, 0.15) is 11.2 Å². The molecule has 5 heterocycles. The van der Waals surface area contributed by atoms with Gasteiger partial charge in [-0.05, 0) is 55.8 Å². The minimum atomic E-state index is 0.0173. The third-order valence-corrected chi connectivity index (χ3v) is 8.89. The minimum Gasteiger partial charge on any atom is -0.353 e. The van der Waals surface area contributed by atoms with E-state index in [-0.39, 0.29) is 47.6 Å². The first-order chi connectivity index (χ1) is 17.7. The van der Waals surface area contributed by atoms with Crippen LogP contribution in [0.4, 0.5) is 0 Å². The van der Waals surface area contributed by atoms with E-state index in [1.165, 1.54) is 0 Å². The van der Waals surface area contributed by atoms with Crippen LogP contribution in [-0.4, -0.2) is 73.4 Å². The Morgan fingerprint density at radius 1 is 1.11 bits per heavy atom. The van der Waals surface area contributed by atoms with Crippen LogP contribution in [-0.2, 0) is 16.6 Å². The second kappa shape index (κ2) is 10.5. The molecule has 0 unspecified atom stereocenters. The number of imidazole rings is 1. The lowest BCUT2D eigenvalue weighted by Crippen LogP contribution is -2.60.